The first kappa shape index (κ1) is 17.0. The minimum absolute atomic E-state index is 0.304. The van der Waals surface area contributed by atoms with Gasteiger partial charge in [0, 0.05) is 17.3 Å². The van der Waals surface area contributed by atoms with E-state index in [1.54, 1.807) is 43.5 Å². The topological polar surface area (TPSA) is 56.8 Å². The van der Waals surface area contributed by atoms with Gasteiger partial charge in [0.05, 0.1) is 25.8 Å². The quantitative estimate of drug-likeness (QED) is 0.866. The third kappa shape index (κ3) is 4.07. The second kappa shape index (κ2) is 7.74. The van der Waals surface area contributed by atoms with Crippen LogP contribution < -0.4 is 19.5 Å². The van der Waals surface area contributed by atoms with Crippen LogP contribution in [0.15, 0.2) is 36.4 Å². The smallest absolute Gasteiger partial charge is 0.255 e. The van der Waals surface area contributed by atoms with Crippen molar-refractivity contribution in [2.24, 2.45) is 0 Å². The Kier molecular flexibility index (Phi) is 5.71. The second-order valence-electron chi connectivity index (χ2n) is 4.61. The van der Waals surface area contributed by atoms with Crippen molar-refractivity contribution in [1.82, 2.24) is 0 Å². The summed E-state index contributed by atoms with van der Waals surface area (Å²) in [6, 6.07) is 10.2. The summed E-state index contributed by atoms with van der Waals surface area (Å²) in [5.41, 5.74) is 0.997. The first-order valence-electron chi connectivity index (χ1n) is 7.04. The lowest BCUT2D eigenvalue weighted by Crippen LogP contribution is -2.12. The molecule has 1 amide bonds. The molecule has 0 bridgehead atoms. The van der Waals surface area contributed by atoms with Crippen LogP contribution in [0.3, 0.4) is 0 Å². The van der Waals surface area contributed by atoms with Crippen molar-refractivity contribution in [3.05, 3.63) is 47.0 Å². The highest BCUT2D eigenvalue weighted by atomic mass is 35.5. The third-order valence-electron chi connectivity index (χ3n) is 3.11. The number of benzene rings is 2. The van der Waals surface area contributed by atoms with E-state index in [-0.39, 0.29) is 5.91 Å². The Morgan fingerprint density at radius 1 is 1.17 bits per heavy atom. The molecule has 0 aliphatic heterocycles. The van der Waals surface area contributed by atoms with Gasteiger partial charge in [-0.3, -0.25) is 4.79 Å². The largest absolute Gasteiger partial charge is 0.497 e. The first-order valence-corrected chi connectivity index (χ1v) is 7.42. The summed E-state index contributed by atoms with van der Waals surface area (Å²) < 4.78 is 15.8. The number of hydrogen-bond donors (Lipinski definition) is 1. The molecule has 0 unspecified atom stereocenters. The summed E-state index contributed by atoms with van der Waals surface area (Å²) >= 11 is 6.18. The van der Waals surface area contributed by atoms with E-state index in [1.165, 1.54) is 7.11 Å². The average molecular weight is 336 g/mol. The van der Waals surface area contributed by atoms with Gasteiger partial charge in [-0.05, 0) is 31.2 Å². The number of carbonyl (C=O) groups excluding carboxylic acids is 1. The lowest BCUT2D eigenvalue weighted by molar-refractivity contribution is 0.102. The Morgan fingerprint density at radius 2 is 1.96 bits per heavy atom. The molecular weight excluding hydrogens is 318 g/mol. The number of hydrogen-bond acceptors (Lipinski definition) is 4. The molecule has 0 spiro atoms. The van der Waals surface area contributed by atoms with Crippen LogP contribution in [0.4, 0.5) is 5.69 Å². The molecule has 0 radical (unpaired) electrons. The molecule has 0 aliphatic rings. The number of amides is 1. The van der Waals surface area contributed by atoms with Gasteiger partial charge in [-0.15, -0.1) is 0 Å². The molecule has 23 heavy (non-hydrogen) atoms. The molecule has 0 fully saturated rings. The zero-order chi connectivity index (χ0) is 16.8. The number of anilines is 1. The highest BCUT2D eigenvalue weighted by Crippen LogP contribution is 2.36. The van der Waals surface area contributed by atoms with Gasteiger partial charge in [-0.1, -0.05) is 17.7 Å². The summed E-state index contributed by atoms with van der Waals surface area (Å²) in [6.07, 6.45) is 0. The van der Waals surface area contributed by atoms with Crippen LogP contribution in [0.5, 0.6) is 17.2 Å². The Labute approximate surface area is 140 Å². The van der Waals surface area contributed by atoms with Crippen LogP contribution in [0.1, 0.15) is 17.3 Å². The third-order valence-corrected chi connectivity index (χ3v) is 3.39. The molecule has 0 aliphatic carbocycles. The molecule has 0 aromatic heterocycles. The van der Waals surface area contributed by atoms with E-state index in [0.717, 1.165) is 0 Å². The van der Waals surface area contributed by atoms with Crippen LogP contribution in [-0.4, -0.2) is 26.7 Å². The predicted molar refractivity (Wildman–Crippen MR) is 90.1 cm³/mol. The number of methoxy groups -OCH3 is 2. The maximum Gasteiger partial charge on any atom is 0.255 e. The van der Waals surface area contributed by atoms with Crippen LogP contribution in [0.2, 0.25) is 5.02 Å². The number of halogens is 1. The van der Waals surface area contributed by atoms with Gasteiger partial charge in [0.25, 0.3) is 5.91 Å². The summed E-state index contributed by atoms with van der Waals surface area (Å²) in [4.78, 5) is 12.4. The van der Waals surface area contributed by atoms with Crippen molar-refractivity contribution in [1.29, 1.82) is 0 Å². The monoisotopic (exact) mass is 335 g/mol. The predicted octanol–water partition coefficient (Wildman–Crippen LogP) is 4.01. The van der Waals surface area contributed by atoms with Crippen molar-refractivity contribution in [2.75, 3.05) is 26.1 Å². The highest BCUT2D eigenvalue weighted by Gasteiger charge is 2.16. The average Bonchev–Trinajstić information content (AvgIpc) is 2.56. The van der Waals surface area contributed by atoms with E-state index in [4.69, 9.17) is 25.8 Å². The molecule has 0 saturated carbocycles. The number of ether oxygens (including phenoxy) is 3. The van der Waals surface area contributed by atoms with Crippen molar-refractivity contribution >= 4 is 23.2 Å². The van der Waals surface area contributed by atoms with E-state index >= 15 is 0 Å². The van der Waals surface area contributed by atoms with Crippen molar-refractivity contribution in [3.8, 4) is 17.2 Å². The zero-order valence-electron chi connectivity index (χ0n) is 13.2. The standard InChI is InChI=1S/C17H18ClNO4/c1-4-23-16-14(18)8-11(9-15(16)22-3)17(20)19-12-6-5-7-13(10-12)21-2/h5-10H,4H2,1-3H3,(H,19,20). The molecule has 0 saturated heterocycles. The summed E-state index contributed by atoms with van der Waals surface area (Å²) in [5, 5.41) is 3.11. The summed E-state index contributed by atoms with van der Waals surface area (Å²) in [6.45, 7) is 2.30. The second-order valence-corrected chi connectivity index (χ2v) is 5.02. The van der Waals surface area contributed by atoms with E-state index in [0.29, 0.717) is 40.1 Å². The van der Waals surface area contributed by atoms with Crippen LogP contribution >= 0.6 is 11.6 Å². The molecule has 1 N–H and O–H groups in total. The number of carbonyl (C=O) groups is 1. The van der Waals surface area contributed by atoms with Crippen molar-refractivity contribution in [2.45, 2.75) is 6.92 Å². The zero-order valence-corrected chi connectivity index (χ0v) is 13.9. The van der Waals surface area contributed by atoms with Gasteiger partial charge >= 0.3 is 0 Å². The fourth-order valence-electron chi connectivity index (χ4n) is 2.04. The lowest BCUT2D eigenvalue weighted by Gasteiger charge is -2.13. The van der Waals surface area contributed by atoms with Gasteiger partial charge in [-0.2, -0.15) is 0 Å². The van der Waals surface area contributed by atoms with E-state index in [2.05, 4.69) is 5.32 Å². The molecule has 5 nitrogen and oxygen atoms in total. The van der Waals surface area contributed by atoms with Crippen molar-refractivity contribution in [3.63, 3.8) is 0 Å². The van der Waals surface area contributed by atoms with E-state index in [1.807, 2.05) is 6.92 Å². The van der Waals surface area contributed by atoms with E-state index < -0.39 is 0 Å². The molecule has 122 valence electrons. The maximum absolute atomic E-state index is 12.4. The summed E-state index contributed by atoms with van der Waals surface area (Å²) in [5.74, 6) is 1.19. The summed E-state index contributed by atoms with van der Waals surface area (Å²) in [7, 11) is 3.07. The molecule has 2 aromatic carbocycles. The van der Waals surface area contributed by atoms with Gasteiger partial charge < -0.3 is 19.5 Å². The minimum Gasteiger partial charge on any atom is -0.497 e. The van der Waals surface area contributed by atoms with Gasteiger partial charge in [0.15, 0.2) is 11.5 Å². The number of rotatable bonds is 6. The van der Waals surface area contributed by atoms with Crippen LogP contribution in [0, 0.1) is 0 Å². The first-order chi connectivity index (χ1) is 11.1. The van der Waals surface area contributed by atoms with Crippen LogP contribution in [0.25, 0.3) is 0 Å². The SMILES string of the molecule is CCOc1c(Cl)cc(C(=O)Nc2cccc(OC)c2)cc1OC. The maximum atomic E-state index is 12.4. The van der Waals surface area contributed by atoms with Gasteiger partial charge in [-0.25, -0.2) is 0 Å². The fraction of sp³-hybridized carbons (Fsp3) is 0.235. The Balaban J connectivity index is 2.26. The molecule has 2 rings (SSSR count). The highest BCUT2D eigenvalue weighted by molar-refractivity contribution is 6.32. The Morgan fingerprint density at radius 3 is 2.61 bits per heavy atom. The molecule has 0 heterocycles. The molecule has 6 heteroatoms. The molecule has 0 atom stereocenters. The lowest BCUT2D eigenvalue weighted by atomic mass is 10.1. The number of nitrogens with one attached hydrogen (secondary N) is 1. The van der Waals surface area contributed by atoms with E-state index in [9.17, 15) is 4.79 Å². The van der Waals surface area contributed by atoms with Gasteiger partial charge in [0.1, 0.15) is 5.75 Å². The van der Waals surface area contributed by atoms with Crippen LogP contribution in [-0.2, 0) is 0 Å². The van der Waals surface area contributed by atoms with Gasteiger partial charge in [0.2, 0.25) is 0 Å². The fourth-order valence-corrected chi connectivity index (χ4v) is 2.30. The van der Waals surface area contributed by atoms with Crippen molar-refractivity contribution < 1.29 is 19.0 Å². The minimum atomic E-state index is -0.304. The Bertz CT molecular complexity index is 703. The Hall–Kier alpha value is -2.40. The normalized spacial score (nSPS) is 10.1. The molecular formula is C17H18ClNO4. The molecule has 2 aromatic rings.